The molecule has 0 spiro atoms. The monoisotopic (exact) mass is 436 g/mol. The predicted octanol–water partition coefficient (Wildman–Crippen LogP) is 4.09. The molecule has 1 fully saturated rings. The minimum Gasteiger partial charge on any atom is -0.464 e. The zero-order chi connectivity index (χ0) is 18.7. The molecule has 0 saturated carbocycles. The van der Waals surface area contributed by atoms with Gasteiger partial charge in [0.05, 0.1) is 6.61 Å². The first kappa shape index (κ1) is 23.7. The highest BCUT2D eigenvalue weighted by Crippen LogP contribution is 2.36. The molecule has 1 aliphatic heterocycles. The van der Waals surface area contributed by atoms with E-state index in [0.717, 1.165) is 44.5 Å². The number of benzene rings is 2. The maximum absolute atomic E-state index is 12.7. The lowest BCUT2D eigenvalue weighted by atomic mass is 9.93. The second-order valence-electron chi connectivity index (χ2n) is 7.93. The minimum atomic E-state index is -0.968. The Hall–Kier alpha value is -1.59. The highest BCUT2D eigenvalue weighted by molar-refractivity contribution is 5.85. The first-order chi connectivity index (χ1) is 13.1. The van der Waals surface area contributed by atoms with E-state index in [1.807, 2.05) is 18.2 Å². The van der Waals surface area contributed by atoms with Crippen LogP contribution in [0.1, 0.15) is 36.0 Å². The molecular formula is C23H30Cl2N2O2. The van der Waals surface area contributed by atoms with Crippen LogP contribution in [0.2, 0.25) is 0 Å². The van der Waals surface area contributed by atoms with E-state index in [0.29, 0.717) is 18.9 Å². The molecule has 0 bridgehead atoms. The number of esters is 1. The van der Waals surface area contributed by atoms with Gasteiger partial charge in [-0.1, -0.05) is 54.6 Å². The maximum atomic E-state index is 12.7. The van der Waals surface area contributed by atoms with Crippen molar-refractivity contribution in [2.24, 2.45) is 11.7 Å². The van der Waals surface area contributed by atoms with E-state index < -0.39 is 5.54 Å². The van der Waals surface area contributed by atoms with E-state index in [-0.39, 0.29) is 30.8 Å². The molecule has 4 rings (SSSR count). The molecule has 0 radical (unpaired) electrons. The summed E-state index contributed by atoms with van der Waals surface area (Å²) < 4.78 is 5.70. The molecule has 29 heavy (non-hydrogen) atoms. The lowest BCUT2D eigenvalue weighted by molar-refractivity contribution is -0.152. The number of hydrogen-bond donors (Lipinski definition) is 1. The molecule has 4 nitrogen and oxygen atoms in total. The summed E-state index contributed by atoms with van der Waals surface area (Å²) >= 11 is 0. The van der Waals surface area contributed by atoms with Crippen LogP contribution in [0, 0.1) is 5.92 Å². The predicted molar refractivity (Wildman–Crippen MR) is 121 cm³/mol. The molecule has 1 aliphatic carbocycles. The van der Waals surface area contributed by atoms with E-state index in [2.05, 4.69) is 41.3 Å². The van der Waals surface area contributed by atoms with Gasteiger partial charge >= 0.3 is 5.97 Å². The van der Waals surface area contributed by atoms with Crippen LogP contribution in [0.3, 0.4) is 0 Å². The molecule has 158 valence electrons. The molecule has 2 aromatic carbocycles. The molecule has 1 atom stereocenters. The van der Waals surface area contributed by atoms with Gasteiger partial charge < -0.3 is 10.5 Å². The fraction of sp³-hybridized carbons (Fsp3) is 0.435. The molecule has 2 aromatic rings. The standard InChI is InChI=1S/C23H28N2O2.2ClH/c24-23(13-10-20-8-4-5-9-21(20)23)22(26)27-17-19-11-14-25(15-12-19)16-18-6-2-1-3-7-18;;/h1-9,19H,10-17,24H2;2*1H. The minimum absolute atomic E-state index is 0. The first-order valence-electron chi connectivity index (χ1n) is 9.96. The number of halogens is 2. The summed E-state index contributed by atoms with van der Waals surface area (Å²) in [5.74, 6) is 0.167. The Morgan fingerprint density at radius 1 is 1.03 bits per heavy atom. The SMILES string of the molecule is Cl.Cl.NC1(C(=O)OCC2CCN(Cc3ccccc3)CC2)CCc2ccccc21. The van der Waals surface area contributed by atoms with Crippen LogP contribution in [0.15, 0.2) is 54.6 Å². The second kappa shape index (κ2) is 10.4. The van der Waals surface area contributed by atoms with Gasteiger partial charge in [0.1, 0.15) is 5.54 Å². The average molecular weight is 437 g/mol. The van der Waals surface area contributed by atoms with Crippen LogP contribution >= 0.6 is 24.8 Å². The Bertz CT molecular complexity index is 794. The van der Waals surface area contributed by atoms with Crippen LogP contribution < -0.4 is 5.73 Å². The van der Waals surface area contributed by atoms with Crippen molar-refractivity contribution in [3.63, 3.8) is 0 Å². The van der Waals surface area contributed by atoms with Crippen LogP contribution in [-0.2, 0) is 28.0 Å². The van der Waals surface area contributed by atoms with Gasteiger partial charge in [-0.25, -0.2) is 4.79 Å². The van der Waals surface area contributed by atoms with Gasteiger partial charge in [-0.05, 0) is 61.4 Å². The van der Waals surface area contributed by atoms with Gasteiger partial charge in [-0.3, -0.25) is 4.90 Å². The largest absolute Gasteiger partial charge is 0.464 e. The fourth-order valence-corrected chi connectivity index (χ4v) is 4.33. The van der Waals surface area contributed by atoms with Crippen LogP contribution in [0.5, 0.6) is 0 Å². The normalized spacial score (nSPS) is 21.6. The number of carbonyl (C=O) groups is 1. The Labute approximate surface area is 185 Å². The number of nitrogens with zero attached hydrogens (tertiary/aromatic N) is 1. The second-order valence-corrected chi connectivity index (χ2v) is 7.93. The molecule has 0 amide bonds. The summed E-state index contributed by atoms with van der Waals surface area (Å²) in [5, 5.41) is 0. The van der Waals surface area contributed by atoms with Crippen molar-refractivity contribution >= 4 is 30.8 Å². The van der Waals surface area contributed by atoms with Crippen molar-refractivity contribution in [1.82, 2.24) is 4.90 Å². The number of fused-ring (bicyclic) bond motifs is 1. The topological polar surface area (TPSA) is 55.6 Å². The van der Waals surface area contributed by atoms with E-state index in [1.165, 1.54) is 11.1 Å². The summed E-state index contributed by atoms with van der Waals surface area (Å²) in [6.07, 6.45) is 3.61. The molecule has 1 heterocycles. The Balaban J connectivity index is 0.00000150. The average Bonchev–Trinajstić information content (AvgIpc) is 3.06. The smallest absolute Gasteiger partial charge is 0.330 e. The molecule has 1 saturated heterocycles. The lowest BCUT2D eigenvalue weighted by Gasteiger charge is -2.32. The number of carbonyl (C=O) groups excluding carboxylic acids is 1. The van der Waals surface area contributed by atoms with E-state index in [1.54, 1.807) is 0 Å². The summed E-state index contributed by atoms with van der Waals surface area (Å²) in [7, 11) is 0. The van der Waals surface area contributed by atoms with Crippen molar-refractivity contribution in [1.29, 1.82) is 0 Å². The third-order valence-electron chi connectivity index (χ3n) is 6.06. The molecule has 2 N–H and O–H groups in total. The Morgan fingerprint density at radius 2 is 1.69 bits per heavy atom. The lowest BCUT2D eigenvalue weighted by Crippen LogP contribution is -2.45. The molecule has 6 heteroatoms. The van der Waals surface area contributed by atoms with Crippen molar-refractivity contribution in [3.8, 4) is 0 Å². The van der Waals surface area contributed by atoms with Crippen LogP contribution in [-0.4, -0.2) is 30.6 Å². The number of piperidine rings is 1. The van der Waals surface area contributed by atoms with Gasteiger partial charge in [-0.2, -0.15) is 0 Å². The Kier molecular flexibility index (Phi) is 8.53. The Morgan fingerprint density at radius 3 is 2.41 bits per heavy atom. The van der Waals surface area contributed by atoms with Crippen molar-refractivity contribution in [3.05, 3.63) is 71.3 Å². The zero-order valence-corrected chi connectivity index (χ0v) is 18.2. The van der Waals surface area contributed by atoms with Gasteiger partial charge in [-0.15, -0.1) is 24.8 Å². The number of ether oxygens (including phenoxy) is 1. The van der Waals surface area contributed by atoms with E-state index >= 15 is 0 Å². The quantitative estimate of drug-likeness (QED) is 0.717. The fourth-order valence-electron chi connectivity index (χ4n) is 4.33. The number of hydrogen-bond acceptors (Lipinski definition) is 4. The van der Waals surface area contributed by atoms with E-state index in [4.69, 9.17) is 10.5 Å². The summed E-state index contributed by atoms with van der Waals surface area (Å²) in [5.41, 5.74) is 8.95. The molecule has 1 unspecified atom stereocenters. The summed E-state index contributed by atoms with van der Waals surface area (Å²) in [6, 6.07) is 18.5. The van der Waals surface area contributed by atoms with Gasteiger partial charge in [0, 0.05) is 6.54 Å². The number of aryl methyl sites for hydroxylation is 1. The highest BCUT2D eigenvalue weighted by Gasteiger charge is 2.43. The van der Waals surface area contributed by atoms with Crippen molar-refractivity contribution in [2.45, 2.75) is 37.8 Å². The van der Waals surface area contributed by atoms with Crippen molar-refractivity contribution < 1.29 is 9.53 Å². The first-order valence-corrected chi connectivity index (χ1v) is 9.96. The summed E-state index contributed by atoms with van der Waals surface area (Å²) in [4.78, 5) is 15.2. The molecule has 2 aliphatic rings. The van der Waals surface area contributed by atoms with E-state index in [9.17, 15) is 4.79 Å². The third kappa shape index (κ3) is 5.32. The number of rotatable bonds is 5. The third-order valence-corrected chi connectivity index (χ3v) is 6.06. The molecule has 0 aromatic heterocycles. The van der Waals surface area contributed by atoms with Crippen molar-refractivity contribution in [2.75, 3.05) is 19.7 Å². The number of nitrogens with two attached hydrogens (primary N) is 1. The summed E-state index contributed by atoms with van der Waals surface area (Å²) in [6.45, 7) is 3.58. The number of likely N-dealkylation sites (tertiary alicyclic amines) is 1. The zero-order valence-electron chi connectivity index (χ0n) is 16.6. The van der Waals surface area contributed by atoms with Gasteiger partial charge in [0.15, 0.2) is 0 Å². The molecular weight excluding hydrogens is 407 g/mol. The van der Waals surface area contributed by atoms with Crippen LogP contribution in [0.25, 0.3) is 0 Å². The maximum Gasteiger partial charge on any atom is 0.330 e. The van der Waals surface area contributed by atoms with Gasteiger partial charge in [0.2, 0.25) is 0 Å². The van der Waals surface area contributed by atoms with Gasteiger partial charge in [0.25, 0.3) is 0 Å². The van der Waals surface area contributed by atoms with Crippen LogP contribution in [0.4, 0.5) is 0 Å². The highest BCUT2D eigenvalue weighted by atomic mass is 35.5.